The van der Waals surface area contributed by atoms with Gasteiger partial charge in [-0.05, 0) is 36.2 Å². The Hall–Kier alpha value is -2.23. The Bertz CT molecular complexity index is 977. The van der Waals surface area contributed by atoms with Gasteiger partial charge in [0.25, 0.3) is 0 Å². The van der Waals surface area contributed by atoms with Gasteiger partial charge in [-0.1, -0.05) is 49.4 Å². The molecule has 2 atom stereocenters. The van der Waals surface area contributed by atoms with Gasteiger partial charge >= 0.3 is 11.9 Å². The number of allylic oxidation sites excluding steroid dienone is 2. The topological polar surface area (TPSA) is 52.6 Å². The van der Waals surface area contributed by atoms with E-state index < -0.39 is 19.9 Å². The first-order valence-electron chi connectivity index (χ1n) is 9.00. The van der Waals surface area contributed by atoms with Crippen molar-refractivity contribution in [3.63, 3.8) is 0 Å². The van der Waals surface area contributed by atoms with Gasteiger partial charge in [-0.15, -0.1) is 11.3 Å². The van der Waals surface area contributed by atoms with Crippen LogP contribution in [0.25, 0.3) is 10.4 Å². The summed E-state index contributed by atoms with van der Waals surface area (Å²) in [6.45, 7) is 4.14. The van der Waals surface area contributed by atoms with E-state index in [-0.39, 0.29) is 11.3 Å². The highest BCUT2D eigenvalue weighted by molar-refractivity contribution is 7.69. The fraction of sp³-hybridized carbons (Fsp3) is 0.273. The molecule has 0 fully saturated rings. The summed E-state index contributed by atoms with van der Waals surface area (Å²) < 4.78 is 10.1. The van der Waals surface area contributed by atoms with Crippen LogP contribution in [-0.4, -0.2) is 37.5 Å². The minimum Gasteiger partial charge on any atom is -0.466 e. The van der Waals surface area contributed by atoms with E-state index in [1.54, 1.807) is 11.3 Å². The van der Waals surface area contributed by atoms with E-state index in [0.717, 1.165) is 0 Å². The second-order valence-electron chi connectivity index (χ2n) is 6.88. The number of benzene rings is 1. The Morgan fingerprint density at radius 3 is 1.96 bits per heavy atom. The zero-order valence-electron chi connectivity index (χ0n) is 16.2. The van der Waals surface area contributed by atoms with Crippen molar-refractivity contribution < 1.29 is 19.1 Å². The van der Waals surface area contributed by atoms with Crippen molar-refractivity contribution in [1.29, 1.82) is 0 Å². The first kappa shape index (κ1) is 19.1. The number of hydrogen-bond donors (Lipinski definition) is 0. The summed E-state index contributed by atoms with van der Waals surface area (Å²) in [5, 5.41) is 3.28. The van der Waals surface area contributed by atoms with Crippen molar-refractivity contribution in [1.82, 2.24) is 0 Å². The minimum atomic E-state index is -0.854. The van der Waals surface area contributed by atoms with Crippen molar-refractivity contribution in [2.24, 2.45) is 0 Å². The highest BCUT2D eigenvalue weighted by Gasteiger charge is 2.55. The molecule has 1 aromatic carbocycles. The third-order valence-corrected chi connectivity index (χ3v) is 9.87. The summed E-state index contributed by atoms with van der Waals surface area (Å²) in [6.07, 6.45) is 0. The highest BCUT2D eigenvalue weighted by Crippen LogP contribution is 2.68. The lowest BCUT2D eigenvalue weighted by Crippen LogP contribution is -2.24. The van der Waals surface area contributed by atoms with Gasteiger partial charge in [-0.2, -0.15) is 0 Å². The first-order chi connectivity index (χ1) is 13.5. The van der Waals surface area contributed by atoms with Crippen molar-refractivity contribution in [2.45, 2.75) is 25.2 Å². The van der Waals surface area contributed by atoms with Crippen LogP contribution in [-0.2, 0) is 19.1 Å². The van der Waals surface area contributed by atoms with Gasteiger partial charge in [-0.25, -0.2) is 9.59 Å². The maximum atomic E-state index is 12.7. The number of thiophene rings is 1. The molecule has 6 heteroatoms. The van der Waals surface area contributed by atoms with E-state index in [4.69, 9.17) is 9.47 Å². The average Bonchev–Trinajstić information content (AvgIpc) is 3.42. The number of rotatable bonds is 4. The van der Waals surface area contributed by atoms with Crippen LogP contribution >= 0.6 is 19.3 Å². The molecular weight excluding hydrogens is 391 g/mol. The molecule has 2 aromatic rings. The number of fused-ring (bicyclic) bond motifs is 2. The molecule has 28 heavy (non-hydrogen) atoms. The van der Waals surface area contributed by atoms with E-state index in [2.05, 4.69) is 37.4 Å². The number of carbonyl (C=O) groups is 2. The standard InChI is InChI=1S/C22H21O4PS/c1-12-13(2)20-18(22(24)26-4)17(21(23)25-3)19(12)27(20)15-9-6-5-8-14(15)16-10-7-11-28-16/h5-11,19-20H,1-4H3. The smallest absolute Gasteiger partial charge is 0.335 e. The van der Waals surface area contributed by atoms with Crippen LogP contribution in [0.1, 0.15) is 13.8 Å². The summed E-state index contributed by atoms with van der Waals surface area (Å²) in [4.78, 5) is 26.6. The maximum Gasteiger partial charge on any atom is 0.335 e. The normalized spacial score (nSPS) is 23.4. The Balaban J connectivity index is 1.91. The lowest BCUT2D eigenvalue weighted by atomic mass is 9.87. The molecule has 2 aliphatic heterocycles. The largest absolute Gasteiger partial charge is 0.466 e. The molecule has 0 aliphatic carbocycles. The Morgan fingerprint density at radius 2 is 1.46 bits per heavy atom. The maximum absolute atomic E-state index is 12.7. The summed E-state index contributed by atoms with van der Waals surface area (Å²) in [7, 11) is 1.88. The quantitative estimate of drug-likeness (QED) is 0.428. The zero-order chi connectivity index (χ0) is 20.0. The van der Waals surface area contributed by atoms with Crippen molar-refractivity contribution in [3.05, 3.63) is 64.1 Å². The Kier molecular flexibility index (Phi) is 4.98. The van der Waals surface area contributed by atoms with Crippen LogP contribution in [0.15, 0.2) is 64.1 Å². The molecule has 2 unspecified atom stereocenters. The highest BCUT2D eigenvalue weighted by atomic mass is 32.1. The van der Waals surface area contributed by atoms with Crippen LogP contribution in [0.2, 0.25) is 0 Å². The van der Waals surface area contributed by atoms with Gasteiger partial charge in [0.05, 0.1) is 25.4 Å². The summed E-state index contributed by atoms with van der Waals surface area (Å²) in [6, 6.07) is 12.5. The van der Waals surface area contributed by atoms with E-state index in [9.17, 15) is 9.59 Å². The van der Waals surface area contributed by atoms with Gasteiger partial charge in [-0.3, -0.25) is 0 Å². The summed E-state index contributed by atoms with van der Waals surface area (Å²) >= 11 is 1.70. The van der Waals surface area contributed by atoms with Crippen LogP contribution in [0.4, 0.5) is 0 Å². The minimum absolute atomic E-state index is 0.109. The summed E-state index contributed by atoms with van der Waals surface area (Å²) in [5.74, 6) is -0.860. The second-order valence-corrected chi connectivity index (χ2v) is 10.2. The van der Waals surface area contributed by atoms with Crippen LogP contribution in [0.5, 0.6) is 0 Å². The third-order valence-electron chi connectivity index (χ3n) is 5.62. The SMILES string of the molecule is COC(=O)C1=C(C(=O)OC)C2C(C)=C(C)C1P2c1ccccc1-c1cccs1. The number of carbonyl (C=O) groups excluding carboxylic acids is 2. The molecule has 4 rings (SSSR count). The molecule has 0 saturated heterocycles. The zero-order valence-corrected chi connectivity index (χ0v) is 17.9. The van der Waals surface area contributed by atoms with Gasteiger partial charge < -0.3 is 9.47 Å². The number of methoxy groups -OCH3 is 2. The Morgan fingerprint density at radius 1 is 0.893 bits per heavy atom. The fourth-order valence-electron chi connectivity index (χ4n) is 4.28. The molecule has 4 nitrogen and oxygen atoms in total. The van der Waals surface area contributed by atoms with Gasteiger partial charge in [0.1, 0.15) is 0 Å². The number of esters is 2. The molecule has 3 heterocycles. The molecule has 1 aromatic heterocycles. The fourth-order valence-corrected chi connectivity index (χ4v) is 9.00. The van der Waals surface area contributed by atoms with Gasteiger partial charge in [0.15, 0.2) is 0 Å². The van der Waals surface area contributed by atoms with Crippen molar-refractivity contribution in [2.75, 3.05) is 14.2 Å². The molecule has 0 amide bonds. The molecule has 2 aliphatic rings. The lowest BCUT2D eigenvalue weighted by Gasteiger charge is -2.23. The number of ether oxygens (including phenoxy) is 2. The molecular formula is C22H21O4PS. The molecule has 0 radical (unpaired) electrons. The van der Waals surface area contributed by atoms with E-state index in [0.29, 0.717) is 11.1 Å². The van der Waals surface area contributed by atoms with Gasteiger partial charge in [0, 0.05) is 16.2 Å². The second kappa shape index (κ2) is 7.31. The first-order valence-corrected chi connectivity index (χ1v) is 11.4. The predicted molar refractivity (Wildman–Crippen MR) is 113 cm³/mol. The van der Waals surface area contributed by atoms with Crippen molar-refractivity contribution >= 4 is 36.5 Å². The molecule has 2 bridgehead atoms. The van der Waals surface area contributed by atoms with E-state index in [1.165, 1.54) is 41.1 Å². The Labute approximate surface area is 169 Å². The molecule has 0 spiro atoms. The van der Waals surface area contributed by atoms with Crippen molar-refractivity contribution in [3.8, 4) is 10.4 Å². The van der Waals surface area contributed by atoms with Crippen LogP contribution < -0.4 is 5.30 Å². The van der Waals surface area contributed by atoms with Crippen LogP contribution in [0.3, 0.4) is 0 Å². The lowest BCUT2D eigenvalue weighted by molar-refractivity contribution is -0.139. The predicted octanol–water partition coefficient (Wildman–Crippen LogP) is 4.27. The van der Waals surface area contributed by atoms with Gasteiger partial charge in [0.2, 0.25) is 0 Å². The van der Waals surface area contributed by atoms with E-state index >= 15 is 0 Å². The third kappa shape index (κ3) is 2.68. The molecule has 0 saturated carbocycles. The number of hydrogen-bond acceptors (Lipinski definition) is 5. The molecule has 0 N–H and O–H groups in total. The monoisotopic (exact) mass is 412 g/mol. The summed E-state index contributed by atoms with van der Waals surface area (Å²) in [5.41, 5.74) is 4.26. The van der Waals surface area contributed by atoms with E-state index in [1.807, 2.05) is 18.2 Å². The van der Waals surface area contributed by atoms with Crippen LogP contribution in [0, 0.1) is 0 Å². The molecule has 144 valence electrons. The average molecular weight is 412 g/mol.